The minimum atomic E-state index is -1.00. The molecule has 0 saturated carbocycles. The highest BCUT2D eigenvalue weighted by molar-refractivity contribution is 5.80. The Morgan fingerprint density at radius 2 is 1.35 bits per heavy atom. The quantitative estimate of drug-likeness (QED) is 0.176. The minimum Gasteiger partial charge on any atom is -0.508 e. The molecule has 0 amide bonds. The largest absolute Gasteiger partial charge is 0.508 e. The molecule has 3 nitrogen and oxygen atoms in total. The van der Waals surface area contributed by atoms with Crippen molar-refractivity contribution in [3.8, 4) is 0 Å². The van der Waals surface area contributed by atoms with Crippen LogP contribution < -0.4 is 0 Å². The smallest absolute Gasteiger partial charge is 0.328 e. The van der Waals surface area contributed by atoms with Gasteiger partial charge in [0.2, 0.25) is 0 Å². The van der Waals surface area contributed by atoms with Crippen molar-refractivity contribution in [3.05, 3.63) is 48.3 Å². The van der Waals surface area contributed by atoms with Crippen LogP contribution in [0.3, 0.4) is 0 Å². The van der Waals surface area contributed by atoms with E-state index < -0.39 is 5.97 Å². The van der Waals surface area contributed by atoms with Crippen molar-refractivity contribution < 1.29 is 15.0 Å². The number of allylic oxidation sites excluding steroid dienone is 6. The molecule has 0 aromatic rings. The van der Waals surface area contributed by atoms with E-state index >= 15 is 0 Å². The van der Waals surface area contributed by atoms with Crippen LogP contribution >= 0.6 is 0 Å². The van der Waals surface area contributed by atoms with Crippen molar-refractivity contribution in [2.75, 3.05) is 0 Å². The fourth-order valence-electron chi connectivity index (χ4n) is 2.18. The number of rotatable bonds is 14. The molecule has 130 valence electrons. The third-order valence-electron chi connectivity index (χ3n) is 3.49. The molecule has 0 bridgehead atoms. The van der Waals surface area contributed by atoms with Gasteiger partial charge in [0.1, 0.15) is 5.76 Å². The monoisotopic (exact) mass is 320 g/mol. The molecule has 0 aromatic heterocycles. The number of aliphatic carboxylic acids is 1. The van der Waals surface area contributed by atoms with Crippen LogP contribution in [0.2, 0.25) is 0 Å². The van der Waals surface area contributed by atoms with E-state index in [4.69, 9.17) is 5.11 Å². The summed E-state index contributed by atoms with van der Waals surface area (Å²) in [5.41, 5.74) is 0. The number of hydrogen-bond donors (Lipinski definition) is 2. The van der Waals surface area contributed by atoms with E-state index in [9.17, 15) is 9.90 Å². The zero-order valence-electron chi connectivity index (χ0n) is 14.4. The topological polar surface area (TPSA) is 57.5 Å². The third kappa shape index (κ3) is 18.2. The highest BCUT2D eigenvalue weighted by Gasteiger charge is 1.91. The van der Waals surface area contributed by atoms with Crippen molar-refractivity contribution >= 4 is 5.97 Å². The van der Waals surface area contributed by atoms with E-state index in [-0.39, 0.29) is 5.76 Å². The van der Waals surface area contributed by atoms with Gasteiger partial charge in [0.05, 0.1) is 0 Å². The number of carboxylic acid groups (broad SMARTS) is 1. The fourth-order valence-corrected chi connectivity index (χ4v) is 2.18. The Morgan fingerprint density at radius 3 is 1.96 bits per heavy atom. The van der Waals surface area contributed by atoms with Crippen LogP contribution in [-0.4, -0.2) is 16.2 Å². The average Bonchev–Trinajstić information content (AvgIpc) is 2.52. The zero-order chi connectivity index (χ0) is 17.2. The van der Waals surface area contributed by atoms with Gasteiger partial charge in [-0.05, 0) is 25.0 Å². The molecule has 0 fully saturated rings. The Hall–Kier alpha value is -1.77. The van der Waals surface area contributed by atoms with E-state index in [0.717, 1.165) is 12.5 Å². The van der Waals surface area contributed by atoms with Gasteiger partial charge >= 0.3 is 5.97 Å². The Kier molecular flexibility index (Phi) is 15.3. The highest BCUT2D eigenvalue weighted by Crippen LogP contribution is 2.10. The first-order valence-corrected chi connectivity index (χ1v) is 8.80. The van der Waals surface area contributed by atoms with Crippen LogP contribution in [-0.2, 0) is 4.79 Å². The summed E-state index contributed by atoms with van der Waals surface area (Å²) in [6, 6.07) is 0. The number of aliphatic hydroxyl groups excluding tert-OH is 1. The molecule has 0 atom stereocenters. The molecular formula is C20H32O3. The SMILES string of the molecule is CCCCCCCCCCCC=CC=C(O)C=CC=CC(=O)O. The van der Waals surface area contributed by atoms with E-state index in [1.54, 1.807) is 6.08 Å². The summed E-state index contributed by atoms with van der Waals surface area (Å²) in [5.74, 6) is -0.887. The number of hydrogen-bond acceptors (Lipinski definition) is 2. The zero-order valence-corrected chi connectivity index (χ0v) is 14.4. The molecule has 0 aliphatic heterocycles. The van der Waals surface area contributed by atoms with E-state index in [1.165, 1.54) is 76.0 Å². The Bertz CT molecular complexity index is 403. The van der Waals surface area contributed by atoms with Gasteiger partial charge in [-0.1, -0.05) is 82.6 Å². The maximum absolute atomic E-state index is 10.2. The third-order valence-corrected chi connectivity index (χ3v) is 3.49. The van der Waals surface area contributed by atoms with Gasteiger partial charge in [-0.15, -0.1) is 0 Å². The van der Waals surface area contributed by atoms with Gasteiger partial charge in [-0.25, -0.2) is 4.79 Å². The Labute approximate surface area is 141 Å². The summed E-state index contributed by atoms with van der Waals surface area (Å²) >= 11 is 0. The lowest BCUT2D eigenvalue weighted by atomic mass is 10.1. The van der Waals surface area contributed by atoms with E-state index in [1.807, 2.05) is 6.08 Å². The molecule has 0 aliphatic rings. The van der Waals surface area contributed by atoms with E-state index in [0.29, 0.717) is 0 Å². The average molecular weight is 320 g/mol. The minimum absolute atomic E-state index is 0.114. The summed E-state index contributed by atoms with van der Waals surface area (Å²) in [7, 11) is 0. The van der Waals surface area contributed by atoms with Gasteiger partial charge < -0.3 is 10.2 Å². The molecule has 0 aliphatic carbocycles. The number of carbonyl (C=O) groups is 1. The van der Waals surface area contributed by atoms with Crippen LogP contribution in [0.25, 0.3) is 0 Å². The molecule has 0 saturated heterocycles. The van der Waals surface area contributed by atoms with Gasteiger partial charge in [0.15, 0.2) is 0 Å². The second kappa shape index (κ2) is 16.6. The molecule has 2 N–H and O–H groups in total. The van der Waals surface area contributed by atoms with Crippen LogP contribution in [0.5, 0.6) is 0 Å². The predicted molar refractivity (Wildman–Crippen MR) is 97.6 cm³/mol. The van der Waals surface area contributed by atoms with Crippen LogP contribution in [0.1, 0.15) is 71.1 Å². The van der Waals surface area contributed by atoms with Gasteiger partial charge in [0, 0.05) is 6.08 Å². The number of aliphatic hydroxyl groups is 1. The molecular weight excluding hydrogens is 288 g/mol. The summed E-state index contributed by atoms with van der Waals surface area (Å²) in [6.07, 6.45) is 23.8. The molecule has 0 aromatic carbocycles. The van der Waals surface area contributed by atoms with Gasteiger partial charge in [-0.2, -0.15) is 0 Å². The molecule has 0 radical (unpaired) electrons. The van der Waals surface area contributed by atoms with Gasteiger partial charge in [0.25, 0.3) is 0 Å². The van der Waals surface area contributed by atoms with E-state index in [2.05, 4.69) is 13.0 Å². The Morgan fingerprint density at radius 1 is 0.783 bits per heavy atom. The predicted octanol–water partition coefficient (Wildman–Crippen LogP) is 6.10. The first-order chi connectivity index (χ1) is 11.2. The molecule has 0 rings (SSSR count). The normalized spacial score (nSPS) is 12.8. The summed E-state index contributed by atoms with van der Waals surface area (Å²) in [4.78, 5) is 10.2. The second-order valence-electron chi connectivity index (χ2n) is 5.69. The number of carboxylic acids is 1. The lowest BCUT2D eigenvalue weighted by Crippen LogP contribution is -1.84. The summed E-state index contributed by atoms with van der Waals surface area (Å²) in [5, 5.41) is 17.9. The standard InChI is InChI=1S/C20H32O3/c1-2-3-4-5-6-7-8-9-10-11-12-13-16-19(21)17-14-15-18-20(22)23/h12-18,21H,2-11H2,1H3,(H,22,23). The molecule has 0 spiro atoms. The first-order valence-electron chi connectivity index (χ1n) is 8.80. The molecule has 3 heteroatoms. The van der Waals surface area contributed by atoms with Gasteiger partial charge in [-0.3, -0.25) is 0 Å². The molecule has 0 heterocycles. The van der Waals surface area contributed by atoms with Crippen LogP contribution in [0, 0.1) is 0 Å². The lowest BCUT2D eigenvalue weighted by Gasteiger charge is -2.00. The fraction of sp³-hybridized carbons (Fsp3) is 0.550. The lowest BCUT2D eigenvalue weighted by molar-refractivity contribution is -0.131. The number of unbranched alkanes of at least 4 members (excludes halogenated alkanes) is 9. The van der Waals surface area contributed by atoms with Crippen LogP contribution in [0.15, 0.2) is 48.3 Å². The van der Waals surface area contributed by atoms with Crippen molar-refractivity contribution in [2.45, 2.75) is 71.1 Å². The maximum atomic E-state index is 10.2. The van der Waals surface area contributed by atoms with Crippen LogP contribution in [0.4, 0.5) is 0 Å². The summed E-state index contributed by atoms with van der Waals surface area (Å²) < 4.78 is 0. The van der Waals surface area contributed by atoms with Crippen molar-refractivity contribution in [3.63, 3.8) is 0 Å². The summed E-state index contributed by atoms with van der Waals surface area (Å²) in [6.45, 7) is 2.25. The maximum Gasteiger partial charge on any atom is 0.328 e. The highest BCUT2D eigenvalue weighted by atomic mass is 16.4. The molecule has 0 unspecified atom stereocenters. The molecule has 23 heavy (non-hydrogen) atoms. The van der Waals surface area contributed by atoms with Crippen molar-refractivity contribution in [1.82, 2.24) is 0 Å². The van der Waals surface area contributed by atoms with Crippen molar-refractivity contribution in [2.24, 2.45) is 0 Å². The Balaban J connectivity index is 3.55. The van der Waals surface area contributed by atoms with Crippen molar-refractivity contribution in [1.29, 1.82) is 0 Å². The second-order valence-corrected chi connectivity index (χ2v) is 5.69. The first kappa shape index (κ1) is 21.2.